The topological polar surface area (TPSA) is 51.6 Å². The third-order valence-corrected chi connectivity index (χ3v) is 1.54. The molecule has 0 aromatic carbocycles. The van der Waals surface area contributed by atoms with Gasteiger partial charge in [0.15, 0.2) is 5.75 Å². The van der Waals surface area contributed by atoms with Gasteiger partial charge in [0.05, 0.1) is 7.11 Å². The van der Waals surface area contributed by atoms with Gasteiger partial charge in [-0.2, -0.15) is 0 Å². The molecule has 58 valence electrons. The van der Waals surface area contributed by atoms with Crippen LogP contribution in [0.25, 0.3) is 0 Å². The number of nitrogens with zero attached hydrogens (tertiary/aromatic N) is 2. The largest absolute Gasteiger partial charge is 0.493 e. The van der Waals surface area contributed by atoms with Crippen LogP contribution < -0.4 is 4.74 Å². The Morgan fingerprint density at radius 2 is 2.45 bits per heavy atom. The van der Waals surface area contributed by atoms with Gasteiger partial charge in [0.2, 0.25) is 5.82 Å². The highest BCUT2D eigenvalue weighted by atomic mass is 79.9. The second-order valence-electron chi connectivity index (χ2n) is 1.77. The summed E-state index contributed by atoms with van der Waals surface area (Å²) in [6.45, 7) is 0. The minimum absolute atomic E-state index is 0.0655. The zero-order valence-corrected chi connectivity index (χ0v) is 7.33. The Morgan fingerprint density at radius 1 is 1.73 bits per heavy atom. The predicted molar refractivity (Wildman–Crippen MR) is 43.9 cm³/mol. The van der Waals surface area contributed by atoms with Crippen molar-refractivity contribution in [3.63, 3.8) is 0 Å². The first kappa shape index (κ1) is 8.13. The summed E-state index contributed by atoms with van der Waals surface area (Å²) in [5.74, 6) is 0.435. The van der Waals surface area contributed by atoms with Crippen molar-refractivity contribution in [3.05, 3.63) is 21.6 Å². The lowest BCUT2D eigenvalue weighted by Crippen LogP contribution is -1.85. The van der Waals surface area contributed by atoms with Crippen LogP contribution in [0.5, 0.6) is 5.75 Å². The van der Waals surface area contributed by atoms with Crippen molar-refractivity contribution in [2.24, 2.45) is 5.18 Å². The minimum Gasteiger partial charge on any atom is -0.493 e. The molecule has 0 amide bonds. The Balaban J connectivity index is 3.16. The molecule has 0 spiro atoms. The number of rotatable bonds is 2. The molecule has 0 radical (unpaired) electrons. The van der Waals surface area contributed by atoms with Crippen molar-refractivity contribution in [2.75, 3.05) is 7.11 Å². The lowest BCUT2D eigenvalue weighted by Gasteiger charge is -1.99. The van der Waals surface area contributed by atoms with Crippen LogP contribution in [0.2, 0.25) is 0 Å². The van der Waals surface area contributed by atoms with Crippen molar-refractivity contribution in [2.45, 2.75) is 0 Å². The minimum atomic E-state index is 0.0655. The van der Waals surface area contributed by atoms with Crippen LogP contribution in [0, 0.1) is 4.91 Å². The standard InChI is InChI=1S/C6H5BrN2O2/c1-11-5-2-4(7)3-8-6(5)9-10/h2-3H,1H3. The van der Waals surface area contributed by atoms with Crippen LogP contribution in [0.15, 0.2) is 21.9 Å². The van der Waals surface area contributed by atoms with Crippen LogP contribution in [-0.2, 0) is 0 Å². The molecule has 4 nitrogen and oxygen atoms in total. The number of ether oxygens (including phenoxy) is 1. The molecule has 11 heavy (non-hydrogen) atoms. The summed E-state index contributed by atoms with van der Waals surface area (Å²) in [5.41, 5.74) is 0. The molecule has 1 heterocycles. The highest BCUT2D eigenvalue weighted by Gasteiger charge is 2.03. The van der Waals surface area contributed by atoms with Gasteiger partial charge in [0.1, 0.15) is 0 Å². The van der Waals surface area contributed by atoms with Crippen molar-refractivity contribution >= 4 is 21.7 Å². The second kappa shape index (κ2) is 3.43. The number of nitroso groups, excluding NO2 is 1. The first-order chi connectivity index (χ1) is 5.27. The molecule has 0 fully saturated rings. The smallest absolute Gasteiger partial charge is 0.238 e. The lowest BCUT2D eigenvalue weighted by atomic mass is 10.4. The third kappa shape index (κ3) is 1.74. The zero-order valence-electron chi connectivity index (χ0n) is 5.74. The molecular weight excluding hydrogens is 212 g/mol. The van der Waals surface area contributed by atoms with E-state index < -0.39 is 0 Å². The van der Waals surface area contributed by atoms with Crippen molar-refractivity contribution in [3.8, 4) is 5.75 Å². The molecule has 0 saturated carbocycles. The molecule has 1 aromatic rings. The molecule has 1 rings (SSSR count). The van der Waals surface area contributed by atoms with E-state index in [4.69, 9.17) is 4.74 Å². The fourth-order valence-corrected chi connectivity index (χ4v) is 0.943. The number of aromatic nitrogens is 1. The van der Waals surface area contributed by atoms with Gasteiger partial charge in [-0.25, -0.2) is 4.98 Å². The summed E-state index contributed by atoms with van der Waals surface area (Å²) in [7, 11) is 1.46. The Hall–Kier alpha value is -0.970. The van der Waals surface area contributed by atoms with Crippen molar-refractivity contribution in [1.82, 2.24) is 4.98 Å². The maximum absolute atomic E-state index is 10.1. The number of hydrogen-bond donors (Lipinski definition) is 0. The summed E-state index contributed by atoms with van der Waals surface area (Å²) in [4.78, 5) is 13.8. The molecule has 1 aromatic heterocycles. The number of halogens is 1. The van der Waals surface area contributed by atoms with Crippen LogP contribution >= 0.6 is 15.9 Å². The maximum atomic E-state index is 10.1. The quantitative estimate of drug-likeness (QED) is 0.713. The Bertz CT molecular complexity index is 277. The molecular formula is C6H5BrN2O2. The fraction of sp³-hybridized carbons (Fsp3) is 0.167. The fourth-order valence-electron chi connectivity index (χ4n) is 0.632. The molecule has 0 atom stereocenters. The van der Waals surface area contributed by atoms with Gasteiger partial charge in [0.25, 0.3) is 0 Å². The van der Waals surface area contributed by atoms with Gasteiger partial charge < -0.3 is 4.74 Å². The summed E-state index contributed by atoms with van der Waals surface area (Å²) in [5, 5.41) is 2.68. The molecule has 0 N–H and O–H groups in total. The molecule has 0 bridgehead atoms. The number of methoxy groups -OCH3 is 1. The Morgan fingerprint density at radius 3 is 3.00 bits per heavy atom. The summed E-state index contributed by atoms with van der Waals surface area (Å²) >= 11 is 3.18. The summed E-state index contributed by atoms with van der Waals surface area (Å²) in [6.07, 6.45) is 1.49. The van der Waals surface area contributed by atoms with E-state index in [-0.39, 0.29) is 5.82 Å². The van der Waals surface area contributed by atoms with E-state index >= 15 is 0 Å². The molecule has 0 aliphatic carbocycles. The molecule has 0 aliphatic heterocycles. The van der Waals surface area contributed by atoms with Crippen molar-refractivity contribution in [1.29, 1.82) is 0 Å². The van der Waals surface area contributed by atoms with Gasteiger partial charge >= 0.3 is 0 Å². The normalized spacial score (nSPS) is 9.27. The van der Waals surface area contributed by atoms with E-state index in [0.29, 0.717) is 5.75 Å². The van der Waals surface area contributed by atoms with Crippen molar-refractivity contribution < 1.29 is 4.74 Å². The van der Waals surface area contributed by atoms with Crippen LogP contribution in [0.1, 0.15) is 0 Å². The van der Waals surface area contributed by atoms with E-state index in [0.717, 1.165) is 4.47 Å². The van der Waals surface area contributed by atoms with E-state index in [1.165, 1.54) is 13.3 Å². The molecule has 0 aliphatic rings. The maximum Gasteiger partial charge on any atom is 0.238 e. The van der Waals surface area contributed by atoms with Crippen LogP contribution in [-0.4, -0.2) is 12.1 Å². The summed E-state index contributed by atoms with van der Waals surface area (Å²) < 4.78 is 5.58. The third-order valence-electron chi connectivity index (χ3n) is 1.11. The zero-order chi connectivity index (χ0) is 8.27. The van der Waals surface area contributed by atoms with E-state index in [1.54, 1.807) is 6.07 Å². The SMILES string of the molecule is COc1cc(Br)cnc1N=O. The first-order valence-electron chi connectivity index (χ1n) is 2.81. The highest BCUT2D eigenvalue weighted by molar-refractivity contribution is 9.10. The monoisotopic (exact) mass is 216 g/mol. The van der Waals surface area contributed by atoms with Crippen LogP contribution in [0.3, 0.4) is 0 Å². The average Bonchev–Trinajstić information content (AvgIpc) is 2.04. The van der Waals surface area contributed by atoms with Gasteiger partial charge in [-0.05, 0) is 27.2 Å². The summed E-state index contributed by atoms with van der Waals surface area (Å²) in [6, 6.07) is 1.63. The Kier molecular flexibility index (Phi) is 2.53. The van der Waals surface area contributed by atoms with Gasteiger partial charge in [-0.3, -0.25) is 0 Å². The van der Waals surface area contributed by atoms with E-state index in [9.17, 15) is 4.91 Å². The first-order valence-corrected chi connectivity index (χ1v) is 3.60. The molecule has 5 heteroatoms. The van der Waals surface area contributed by atoms with Crippen LogP contribution in [0.4, 0.5) is 5.82 Å². The average molecular weight is 217 g/mol. The molecule has 0 unspecified atom stereocenters. The van der Waals surface area contributed by atoms with E-state index in [1.807, 2.05) is 0 Å². The predicted octanol–water partition coefficient (Wildman–Crippen LogP) is 2.25. The molecule has 0 saturated heterocycles. The van der Waals surface area contributed by atoms with Gasteiger partial charge in [-0.1, -0.05) is 0 Å². The number of hydrogen-bond acceptors (Lipinski definition) is 4. The second-order valence-corrected chi connectivity index (χ2v) is 2.69. The number of pyridine rings is 1. The van der Waals surface area contributed by atoms with Gasteiger partial charge in [0, 0.05) is 10.7 Å². The lowest BCUT2D eigenvalue weighted by molar-refractivity contribution is 0.414. The van der Waals surface area contributed by atoms with Gasteiger partial charge in [-0.15, -0.1) is 4.91 Å². The van der Waals surface area contributed by atoms with E-state index in [2.05, 4.69) is 26.1 Å². The highest BCUT2D eigenvalue weighted by Crippen LogP contribution is 2.26. The Labute approximate surface area is 71.7 Å².